The lowest BCUT2D eigenvalue weighted by Gasteiger charge is -2.28. The van der Waals surface area contributed by atoms with Crippen molar-refractivity contribution in [1.29, 1.82) is 0 Å². The zero-order valence-corrected chi connectivity index (χ0v) is 32.2. The molecule has 0 N–H and O–H groups in total. The second kappa shape index (κ2) is 14.6. The summed E-state index contributed by atoms with van der Waals surface area (Å²) in [6.07, 6.45) is 0. The van der Waals surface area contributed by atoms with Gasteiger partial charge in [0.25, 0.3) is 0 Å². The Balaban J connectivity index is 1.20. The number of aromatic nitrogens is 2. The standard InChI is InChI=1S/C56H37N3/c1-3-15-38(16-4-1)44-24-13-25-45(35-44)46-32-34-53(50(37-46)41-18-5-2-6-19-41)59(52-28-14-23-40-20-9-11-26-48(40)52)56-57-51-33-31-42-21-10-12-27-49(42)54(51)55(58-56)47-30-29-39-17-7-8-22-43(39)36-47/h1-37H. The predicted octanol–water partition coefficient (Wildman–Crippen LogP) is 15.2. The molecule has 0 radical (unpaired) electrons. The molecule has 0 bridgehead atoms. The van der Waals surface area contributed by atoms with Crippen LogP contribution in [0, 0.1) is 0 Å². The van der Waals surface area contributed by atoms with Gasteiger partial charge in [-0.25, -0.2) is 9.97 Å². The number of fused-ring (bicyclic) bond motifs is 5. The van der Waals surface area contributed by atoms with E-state index < -0.39 is 0 Å². The molecule has 10 aromatic carbocycles. The van der Waals surface area contributed by atoms with E-state index in [1.165, 1.54) is 21.9 Å². The molecule has 276 valence electrons. The molecule has 59 heavy (non-hydrogen) atoms. The molecular weight excluding hydrogens is 715 g/mol. The largest absolute Gasteiger partial charge is 0.278 e. The van der Waals surface area contributed by atoms with Crippen LogP contribution in [0.25, 0.3) is 87.9 Å². The fourth-order valence-electron chi connectivity index (χ4n) is 8.55. The number of benzene rings is 10. The van der Waals surface area contributed by atoms with Crippen molar-refractivity contribution < 1.29 is 0 Å². The molecule has 0 unspecified atom stereocenters. The van der Waals surface area contributed by atoms with Crippen LogP contribution in [0.5, 0.6) is 0 Å². The Kier molecular flexibility index (Phi) is 8.49. The van der Waals surface area contributed by atoms with E-state index in [9.17, 15) is 0 Å². The van der Waals surface area contributed by atoms with Crippen LogP contribution < -0.4 is 4.90 Å². The van der Waals surface area contributed by atoms with E-state index in [2.05, 4.69) is 229 Å². The van der Waals surface area contributed by atoms with Crippen LogP contribution in [0.2, 0.25) is 0 Å². The summed E-state index contributed by atoms with van der Waals surface area (Å²) in [5, 5.41) is 7.94. The van der Waals surface area contributed by atoms with Crippen molar-refractivity contribution in [2.45, 2.75) is 0 Å². The number of rotatable bonds is 7. The van der Waals surface area contributed by atoms with Crippen LogP contribution in [0.3, 0.4) is 0 Å². The second-order valence-corrected chi connectivity index (χ2v) is 15.0. The second-order valence-electron chi connectivity index (χ2n) is 15.0. The third-order valence-electron chi connectivity index (χ3n) is 11.4. The smallest absolute Gasteiger partial charge is 0.235 e. The number of nitrogens with zero attached hydrogens (tertiary/aromatic N) is 3. The first-order chi connectivity index (χ1) is 29.2. The Morgan fingerprint density at radius 1 is 0.305 bits per heavy atom. The summed E-state index contributed by atoms with van der Waals surface area (Å²) >= 11 is 0. The minimum Gasteiger partial charge on any atom is -0.278 e. The third kappa shape index (κ3) is 6.26. The molecule has 1 aromatic heterocycles. The highest BCUT2D eigenvalue weighted by Crippen LogP contribution is 2.45. The Bertz CT molecular complexity index is 3330. The summed E-state index contributed by atoms with van der Waals surface area (Å²) in [4.78, 5) is 13.4. The van der Waals surface area contributed by atoms with Gasteiger partial charge in [0, 0.05) is 21.9 Å². The average Bonchev–Trinajstić information content (AvgIpc) is 3.32. The molecule has 0 aliphatic rings. The minimum absolute atomic E-state index is 0.600. The fourth-order valence-corrected chi connectivity index (χ4v) is 8.55. The van der Waals surface area contributed by atoms with Gasteiger partial charge >= 0.3 is 0 Å². The lowest BCUT2D eigenvalue weighted by molar-refractivity contribution is 1.12. The van der Waals surface area contributed by atoms with Crippen molar-refractivity contribution in [2.24, 2.45) is 0 Å². The highest BCUT2D eigenvalue weighted by Gasteiger charge is 2.25. The lowest BCUT2D eigenvalue weighted by atomic mass is 9.94. The van der Waals surface area contributed by atoms with Gasteiger partial charge in [-0.05, 0) is 91.1 Å². The van der Waals surface area contributed by atoms with Crippen LogP contribution in [0.4, 0.5) is 17.3 Å². The first-order valence-electron chi connectivity index (χ1n) is 20.1. The molecule has 0 fully saturated rings. The normalized spacial score (nSPS) is 11.4. The third-order valence-corrected chi connectivity index (χ3v) is 11.4. The number of hydrogen-bond donors (Lipinski definition) is 0. The molecular formula is C56H37N3. The van der Waals surface area contributed by atoms with Crippen LogP contribution in [-0.2, 0) is 0 Å². The molecule has 3 heteroatoms. The zero-order valence-electron chi connectivity index (χ0n) is 32.2. The van der Waals surface area contributed by atoms with Crippen molar-refractivity contribution >= 4 is 60.5 Å². The average molecular weight is 752 g/mol. The van der Waals surface area contributed by atoms with Gasteiger partial charge in [-0.15, -0.1) is 0 Å². The van der Waals surface area contributed by atoms with Crippen LogP contribution in [0.1, 0.15) is 0 Å². The van der Waals surface area contributed by atoms with Crippen molar-refractivity contribution in [3.8, 4) is 44.6 Å². The summed E-state index contributed by atoms with van der Waals surface area (Å²) in [6.45, 7) is 0. The van der Waals surface area contributed by atoms with Gasteiger partial charge in [0.1, 0.15) is 0 Å². The molecule has 3 nitrogen and oxygen atoms in total. The summed E-state index contributed by atoms with van der Waals surface area (Å²) in [5.74, 6) is 0.600. The van der Waals surface area contributed by atoms with E-state index in [0.717, 1.165) is 77.3 Å². The Morgan fingerprint density at radius 3 is 1.66 bits per heavy atom. The topological polar surface area (TPSA) is 29.0 Å². The first kappa shape index (κ1) is 34.4. The van der Waals surface area contributed by atoms with Crippen molar-refractivity contribution in [3.05, 3.63) is 224 Å². The van der Waals surface area contributed by atoms with E-state index >= 15 is 0 Å². The van der Waals surface area contributed by atoms with Crippen LogP contribution in [-0.4, -0.2) is 9.97 Å². The molecule has 1 heterocycles. The van der Waals surface area contributed by atoms with Crippen LogP contribution >= 0.6 is 0 Å². The molecule has 11 aromatic rings. The molecule has 0 amide bonds. The fraction of sp³-hybridized carbons (Fsp3) is 0. The van der Waals surface area contributed by atoms with Gasteiger partial charge < -0.3 is 0 Å². The predicted molar refractivity (Wildman–Crippen MR) is 248 cm³/mol. The number of anilines is 3. The lowest BCUT2D eigenvalue weighted by Crippen LogP contribution is -2.15. The zero-order chi connectivity index (χ0) is 39.1. The van der Waals surface area contributed by atoms with Gasteiger partial charge in [0.05, 0.1) is 22.6 Å². The minimum atomic E-state index is 0.600. The maximum absolute atomic E-state index is 5.66. The molecule has 11 rings (SSSR count). The van der Waals surface area contributed by atoms with E-state index in [4.69, 9.17) is 9.97 Å². The quantitative estimate of drug-likeness (QED) is 0.152. The van der Waals surface area contributed by atoms with Gasteiger partial charge in [-0.2, -0.15) is 0 Å². The summed E-state index contributed by atoms with van der Waals surface area (Å²) in [6, 6.07) is 80.0. The Hall–Kier alpha value is -7.88. The van der Waals surface area contributed by atoms with Crippen LogP contribution in [0.15, 0.2) is 224 Å². The van der Waals surface area contributed by atoms with Crippen molar-refractivity contribution in [3.63, 3.8) is 0 Å². The van der Waals surface area contributed by atoms with Crippen molar-refractivity contribution in [2.75, 3.05) is 4.90 Å². The molecule has 0 saturated carbocycles. The molecule has 0 spiro atoms. The molecule has 0 aliphatic carbocycles. The summed E-state index contributed by atoms with van der Waals surface area (Å²) in [5.41, 5.74) is 11.7. The van der Waals surface area contributed by atoms with Crippen molar-refractivity contribution in [1.82, 2.24) is 9.97 Å². The highest BCUT2D eigenvalue weighted by atomic mass is 15.3. The summed E-state index contributed by atoms with van der Waals surface area (Å²) in [7, 11) is 0. The van der Waals surface area contributed by atoms with Gasteiger partial charge in [0.2, 0.25) is 5.95 Å². The molecule has 0 saturated heterocycles. The van der Waals surface area contributed by atoms with Gasteiger partial charge in [0.15, 0.2) is 0 Å². The first-order valence-corrected chi connectivity index (χ1v) is 20.1. The van der Waals surface area contributed by atoms with Gasteiger partial charge in [-0.1, -0.05) is 188 Å². The molecule has 0 aliphatic heterocycles. The Labute approximate surface area is 343 Å². The van der Waals surface area contributed by atoms with E-state index in [1.54, 1.807) is 0 Å². The maximum atomic E-state index is 5.66. The highest BCUT2D eigenvalue weighted by molar-refractivity contribution is 6.13. The molecule has 0 atom stereocenters. The number of hydrogen-bond acceptors (Lipinski definition) is 3. The summed E-state index contributed by atoms with van der Waals surface area (Å²) < 4.78 is 0. The SMILES string of the molecule is c1ccc(-c2cccc(-c3ccc(N(c4nc(-c5ccc6ccccc6c5)c5c(ccc6ccccc65)n4)c4cccc5ccccc45)c(-c4ccccc4)c3)c2)cc1. The van der Waals surface area contributed by atoms with E-state index in [1.807, 2.05) is 0 Å². The van der Waals surface area contributed by atoms with E-state index in [0.29, 0.717) is 5.95 Å². The monoisotopic (exact) mass is 751 g/mol. The van der Waals surface area contributed by atoms with Gasteiger partial charge in [-0.3, -0.25) is 4.90 Å². The maximum Gasteiger partial charge on any atom is 0.235 e. The Morgan fingerprint density at radius 2 is 0.864 bits per heavy atom. The van der Waals surface area contributed by atoms with E-state index in [-0.39, 0.29) is 0 Å².